The van der Waals surface area contributed by atoms with E-state index in [1.165, 1.54) is 6.92 Å². The van der Waals surface area contributed by atoms with Crippen molar-refractivity contribution >= 4 is 17.9 Å². The highest BCUT2D eigenvalue weighted by molar-refractivity contribution is 5.90. The number of alkyl halides is 9. The molecule has 0 unspecified atom stereocenters. The van der Waals surface area contributed by atoms with Crippen molar-refractivity contribution < 1.29 is 58.6 Å². The summed E-state index contributed by atoms with van der Waals surface area (Å²) in [6.45, 7) is 3.95. The fraction of sp³-hybridized carbons (Fsp3) is 0.481. The molecule has 0 N–H and O–H groups in total. The van der Waals surface area contributed by atoms with E-state index in [-0.39, 0.29) is 36.3 Å². The molecule has 0 fully saturated rings. The molecule has 0 aromatic heterocycles. The number of halogens is 9. The highest BCUT2D eigenvalue weighted by Crippen LogP contribution is 2.46. The van der Waals surface area contributed by atoms with Crippen LogP contribution in [0, 0.1) is 5.92 Å². The second-order valence-corrected chi connectivity index (χ2v) is 9.92. The molecule has 2 aromatic carbocycles. The van der Waals surface area contributed by atoms with Crippen LogP contribution >= 0.6 is 0 Å². The molecular formula is C27H27F9N2O4. The van der Waals surface area contributed by atoms with Crippen molar-refractivity contribution in [1.29, 1.82) is 0 Å². The average Bonchev–Trinajstić information content (AvgIpc) is 2.88. The first-order chi connectivity index (χ1) is 19.3. The van der Waals surface area contributed by atoms with Gasteiger partial charge >= 0.3 is 30.7 Å². The Labute approximate surface area is 235 Å². The van der Waals surface area contributed by atoms with Crippen molar-refractivity contribution in [2.75, 3.05) is 18.6 Å². The van der Waals surface area contributed by atoms with Crippen molar-refractivity contribution in [2.24, 2.45) is 5.92 Å². The summed E-state index contributed by atoms with van der Waals surface area (Å²) in [5.41, 5.74) is -5.29. The van der Waals surface area contributed by atoms with Crippen LogP contribution in [0.1, 0.15) is 61.1 Å². The molecule has 0 spiro atoms. The average molecular weight is 615 g/mol. The second kappa shape index (κ2) is 11.9. The number of nitrogens with zero attached hydrogens (tertiary/aromatic N) is 2. The van der Waals surface area contributed by atoms with Crippen molar-refractivity contribution in [1.82, 2.24) is 4.90 Å². The zero-order valence-corrected chi connectivity index (χ0v) is 22.7. The maximum Gasteiger partial charge on any atom is 0.416 e. The summed E-state index contributed by atoms with van der Waals surface area (Å²) in [6, 6.07) is 1.04. The van der Waals surface area contributed by atoms with Gasteiger partial charge in [0.1, 0.15) is 0 Å². The number of hydrogen-bond acceptors (Lipinski definition) is 4. The van der Waals surface area contributed by atoms with Crippen LogP contribution in [-0.2, 0) is 34.5 Å². The lowest BCUT2D eigenvalue weighted by Gasteiger charge is -2.45. The third-order valence-electron chi connectivity index (χ3n) is 6.79. The van der Waals surface area contributed by atoms with Crippen LogP contribution in [0.25, 0.3) is 0 Å². The number of carbonyl (C=O) groups excluding carboxylic acids is 2. The molecule has 0 saturated carbocycles. The van der Waals surface area contributed by atoms with Crippen LogP contribution in [0.15, 0.2) is 36.4 Å². The molecule has 15 heteroatoms. The predicted octanol–water partition coefficient (Wildman–Crippen LogP) is 8.44. The van der Waals surface area contributed by atoms with E-state index in [1.54, 1.807) is 13.8 Å². The van der Waals surface area contributed by atoms with Crippen molar-refractivity contribution in [3.63, 3.8) is 0 Å². The Morgan fingerprint density at radius 2 is 1.45 bits per heavy atom. The lowest BCUT2D eigenvalue weighted by Crippen LogP contribution is -2.51. The maximum absolute atomic E-state index is 13.7. The number of benzene rings is 2. The van der Waals surface area contributed by atoms with Crippen LogP contribution in [0.4, 0.5) is 54.8 Å². The first-order valence-electron chi connectivity index (χ1n) is 12.6. The minimum Gasteiger partial charge on any atom is -0.453 e. The van der Waals surface area contributed by atoms with Crippen LogP contribution < -0.4 is 4.90 Å². The van der Waals surface area contributed by atoms with Crippen LogP contribution in [0.3, 0.4) is 0 Å². The molecule has 2 atom stereocenters. The van der Waals surface area contributed by atoms with E-state index in [9.17, 15) is 49.1 Å². The summed E-state index contributed by atoms with van der Waals surface area (Å²) in [7, 11) is 0.906. The molecular weight excluding hydrogens is 587 g/mol. The topological polar surface area (TPSA) is 59.1 Å². The van der Waals surface area contributed by atoms with Crippen LogP contribution in [-0.4, -0.2) is 36.8 Å². The molecule has 1 aliphatic rings. The molecule has 232 valence electrons. The second-order valence-electron chi connectivity index (χ2n) is 9.92. The summed E-state index contributed by atoms with van der Waals surface area (Å²) in [5.74, 6) is -0.378. The normalized spacial score (nSPS) is 17.6. The molecule has 42 heavy (non-hydrogen) atoms. The number of carbonyl (C=O) groups is 2. The summed E-state index contributed by atoms with van der Waals surface area (Å²) in [5, 5.41) is 0. The minimum absolute atomic E-state index is 0.0645. The van der Waals surface area contributed by atoms with Crippen LogP contribution in [0.2, 0.25) is 0 Å². The van der Waals surface area contributed by atoms with Gasteiger partial charge in [0.25, 0.3) is 0 Å². The molecule has 2 aromatic rings. The zero-order valence-electron chi connectivity index (χ0n) is 22.7. The van der Waals surface area contributed by atoms with E-state index in [0.717, 1.165) is 29.0 Å². The van der Waals surface area contributed by atoms with Gasteiger partial charge in [-0.1, -0.05) is 13.8 Å². The van der Waals surface area contributed by atoms with E-state index in [4.69, 9.17) is 9.47 Å². The monoisotopic (exact) mass is 614 g/mol. The van der Waals surface area contributed by atoms with Crippen LogP contribution in [0.5, 0.6) is 0 Å². The lowest BCUT2D eigenvalue weighted by atomic mass is 9.84. The Morgan fingerprint density at radius 1 is 0.905 bits per heavy atom. The molecule has 0 bridgehead atoms. The van der Waals surface area contributed by atoms with E-state index in [0.29, 0.717) is 18.2 Å². The standard InChI is InChI=1S/C27H27F9N2O4/c1-5-42-24(40)38-20-7-6-16(25(28,29)30)11-19(20)22(12-21(38)14(2)3)37(23(39)41-4)13-15-8-17(26(31,32)33)10-18(9-15)27(34,35)36/h6-11,14,21-22H,5,12-13H2,1-4H3/t21-,22-/m0/s1. The van der Waals surface area contributed by atoms with Gasteiger partial charge in [-0.25, -0.2) is 9.59 Å². The Kier molecular flexibility index (Phi) is 9.32. The van der Waals surface area contributed by atoms with E-state index in [2.05, 4.69) is 0 Å². The van der Waals surface area contributed by atoms with Crippen molar-refractivity contribution in [3.8, 4) is 0 Å². The van der Waals surface area contributed by atoms with Gasteiger partial charge in [0.05, 0.1) is 42.1 Å². The van der Waals surface area contributed by atoms with Gasteiger partial charge in [0.15, 0.2) is 0 Å². The summed E-state index contributed by atoms with van der Waals surface area (Å²) < 4.78 is 132. The predicted molar refractivity (Wildman–Crippen MR) is 131 cm³/mol. The Balaban J connectivity index is 2.26. The van der Waals surface area contributed by atoms with Gasteiger partial charge in [-0.15, -0.1) is 0 Å². The van der Waals surface area contributed by atoms with E-state index >= 15 is 0 Å². The van der Waals surface area contributed by atoms with Gasteiger partial charge in [-0.3, -0.25) is 9.80 Å². The molecule has 0 aliphatic carbocycles. The van der Waals surface area contributed by atoms with Crippen molar-refractivity contribution in [2.45, 2.75) is 64.3 Å². The number of fused-ring (bicyclic) bond motifs is 1. The molecule has 0 saturated heterocycles. The number of methoxy groups -OCH3 is 1. The fourth-order valence-corrected chi connectivity index (χ4v) is 4.88. The van der Waals surface area contributed by atoms with Gasteiger partial charge < -0.3 is 9.47 Å². The SMILES string of the molecule is CCOC(=O)N1c2ccc(C(F)(F)F)cc2[C@@H](N(Cc2cc(C(F)(F)F)cc(C(F)(F)F)c2)C(=O)OC)C[C@H]1C(C)C. The lowest BCUT2D eigenvalue weighted by molar-refractivity contribution is -0.143. The fourth-order valence-electron chi connectivity index (χ4n) is 4.88. The molecule has 1 heterocycles. The Morgan fingerprint density at radius 3 is 1.90 bits per heavy atom. The third kappa shape index (κ3) is 7.04. The minimum atomic E-state index is -5.17. The first kappa shape index (κ1) is 32.9. The van der Waals surface area contributed by atoms with Gasteiger partial charge in [0, 0.05) is 12.6 Å². The van der Waals surface area contributed by atoms with Gasteiger partial charge in [-0.05, 0) is 66.8 Å². The zero-order chi connectivity index (χ0) is 31.8. The summed E-state index contributed by atoms with van der Waals surface area (Å²) in [4.78, 5) is 27.8. The Hall–Kier alpha value is -3.65. The highest BCUT2D eigenvalue weighted by atomic mass is 19.4. The number of hydrogen-bond donors (Lipinski definition) is 0. The first-order valence-corrected chi connectivity index (χ1v) is 12.6. The number of rotatable bonds is 5. The quantitative estimate of drug-likeness (QED) is 0.317. The molecule has 2 amide bonds. The van der Waals surface area contributed by atoms with E-state index < -0.39 is 71.6 Å². The Bertz CT molecular complexity index is 1270. The van der Waals surface area contributed by atoms with Crippen molar-refractivity contribution in [3.05, 3.63) is 64.2 Å². The maximum atomic E-state index is 13.7. The smallest absolute Gasteiger partial charge is 0.416 e. The molecule has 1 aliphatic heterocycles. The molecule has 6 nitrogen and oxygen atoms in total. The van der Waals surface area contributed by atoms with Gasteiger partial charge in [-0.2, -0.15) is 39.5 Å². The highest BCUT2D eigenvalue weighted by Gasteiger charge is 2.44. The third-order valence-corrected chi connectivity index (χ3v) is 6.79. The number of ether oxygens (including phenoxy) is 2. The van der Waals surface area contributed by atoms with Gasteiger partial charge in [0.2, 0.25) is 0 Å². The number of anilines is 1. The number of amides is 2. The molecule has 3 rings (SSSR count). The summed E-state index contributed by atoms with van der Waals surface area (Å²) >= 11 is 0. The largest absolute Gasteiger partial charge is 0.453 e. The molecule has 0 radical (unpaired) electrons. The summed E-state index contributed by atoms with van der Waals surface area (Å²) in [6.07, 6.45) is -17.5. The van der Waals surface area contributed by atoms with E-state index in [1.807, 2.05) is 0 Å².